The molecule has 0 atom stereocenters. The summed E-state index contributed by atoms with van der Waals surface area (Å²) in [5.74, 6) is 0.128. The molecular formula is C20H34ClN3O3S. The van der Waals surface area contributed by atoms with E-state index in [-0.39, 0.29) is 18.3 Å². The van der Waals surface area contributed by atoms with Crippen molar-refractivity contribution in [3.63, 3.8) is 0 Å². The largest absolute Gasteiger partial charge is 0.340 e. The van der Waals surface area contributed by atoms with Gasteiger partial charge in [-0.25, -0.2) is 8.42 Å². The number of halogens is 1. The lowest BCUT2D eigenvalue weighted by Gasteiger charge is -2.34. The van der Waals surface area contributed by atoms with E-state index < -0.39 is 10.0 Å². The summed E-state index contributed by atoms with van der Waals surface area (Å²) in [7, 11) is -3.49. The highest BCUT2D eigenvalue weighted by Crippen LogP contribution is 2.19. The van der Waals surface area contributed by atoms with Gasteiger partial charge in [-0.15, -0.1) is 12.4 Å². The molecule has 1 aromatic rings. The number of sulfonamides is 1. The Morgan fingerprint density at radius 1 is 1.00 bits per heavy atom. The lowest BCUT2D eigenvalue weighted by atomic mass is 10.1. The molecule has 1 amide bonds. The zero-order valence-corrected chi connectivity index (χ0v) is 18.4. The number of hydrogen-bond acceptors (Lipinski definition) is 4. The fourth-order valence-corrected chi connectivity index (χ4v) is 4.80. The van der Waals surface area contributed by atoms with Gasteiger partial charge in [-0.2, -0.15) is 4.31 Å². The Hall–Kier alpha value is -1.15. The lowest BCUT2D eigenvalue weighted by molar-refractivity contribution is -0.132. The van der Waals surface area contributed by atoms with Crippen molar-refractivity contribution in [3.8, 4) is 0 Å². The average molecular weight is 432 g/mol. The summed E-state index contributed by atoms with van der Waals surface area (Å²) in [6.07, 6.45) is 6.49. The molecular weight excluding hydrogens is 398 g/mol. The van der Waals surface area contributed by atoms with Gasteiger partial charge in [0.25, 0.3) is 0 Å². The van der Waals surface area contributed by atoms with Crippen LogP contribution < -0.4 is 5.73 Å². The first-order valence-corrected chi connectivity index (χ1v) is 11.5. The van der Waals surface area contributed by atoms with E-state index in [1.54, 1.807) is 17.0 Å². The Morgan fingerprint density at radius 3 is 2.18 bits per heavy atom. The first-order valence-electron chi connectivity index (χ1n) is 10.1. The molecule has 0 radical (unpaired) electrons. The van der Waals surface area contributed by atoms with Gasteiger partial charge in [0.1, 0.15) is 0 Å². The summed E-state index contributed by atoms with van der Waals surface area (Å²) in [6, 6.07) is 7.17. The number of unbranched alkanes of at least 4 members (excludes halogenated alkanes) is 3. The molecule has 0 unspecified atom stereocenters. The average Bonchev–Trinajstić information content (AvgIpc) is 2.68. The number of aryl methyl sites for hydroxylation is 1. The molecule has 1 heterocycles. The zero-order valence-electron chi connectivity index (χ0n) is 16.8. The fraction of sp³-hybridized carbons (Fsp3) is 0.650. The van der Waals surface area contributed by atoms with Crippen molar-refractivity contribution in [3.05, 3.63) is 29.8 Å². The van der Waals surface area contributed by atoms with E-state index >= 15 is 0 Å². The van der Waals surface area contributed by atoms with Gasteiger partial charge < -0.3 is 10.6 Å². The van der Waals surface area contributed by atoms with Gasteiger partial charge in [0.2, 0.25) is 15.9 Å². The molecule has 2 N–H and O–H groups in total. The molecule has 0 saturated carbocycles. The molecule has 8 heteroatoms. The number of rotatable bonds is 10. The van der Waals surface area contributed by atoms with Crippen LogP contribution in [0.25, 0.3) is 0 Å². The van der Waals surface area contributed by atoms with Crippen molar-refractivity contribution in [2.45, 2.75) is 56.8 Å². The van der Waals surface area contributed by atoms with Gasteiger partial charge in [-0.1, -0.05) is 38.3 Å². The summed E-state index contributed by atoms with van der Waals surface area (Å²) >= 11 is 0. The third-order valence-corrected chi connectivity index (χ3v) is 6.95. The number of hydrogen-bond donors (Lipinski definition) is 1. The maximum atomic E-state index is 12.8. The summed E-state index contributed by atoms with van der Waals surface area (Å²) in [5.41, 5.74) is 6.62. The molecule has 1 saturated heterocycles. The molecule has 28 heavy (non-hydrogen) atoms. The minimum absolute atomic E-state index is 0. The van der Waals surface area contributed by atoms with E-state index in [4.69, 9.17) is 5.73 Å². The molecule has 2 rings (SSSR count). The van der Waals surface area contributed by atoms with Crippen LogP contribution in [0.2, 0.25) is 0 Å². The number of amides is 1. The smallest absolute Gasteiger partial charge is 0.243 e. The van der Waals surface area contributed by atoms with Crippen LogP contribution in [-0.4, -0.2) is 56.3 Å². The van der Waals surface area contributed by atoms with E-state index in [2.05, 4.69) is 6.92 Å². The summed E-state index contributed by atoms with van der Waals surface area (Å²) in [5, 5.41) is 0. The minimum atomic E-state index is -3.49. The van der Waals surface area contributed by atoms with Gasteiger partial charge in [0, 0.05) is 32.6 Å². The molecule has 1 aliphatic heterocycles. The second kappa shape index (κ2) is 12.4. The molecule has 0 aliphatic carbocycles. The van der Waals surface area contributed by atoms with Gasteiger partial charge in [0.05, 0.1) is 4.90 Å². The Labute approximate surface area is 175 Å². The van der Waals surface area contributed by atoms with Crippen LogP contribution in [0, 0.1) is 0 Å². The van der Waals surface area contributed by atoms with E-state index in [0.29, 0.717) is 44.0 Å². The maximum Gasteiger partial charge on any atom is 0.243 e. The maximum absolute atomic E-state index is 12.8. The molecule has 0 aromatic heterocycles. The van der Waals surface area contributed by atoms with E-state index in [1.807, 2.05) is 12.1 Å². The lowest BCUT2D eigenvalue weighted by Crippen LogP contribution is -2.50. The van der Waals surface area contributed by atoms with E-state index in [1.165, 1.54) is 4.31 Å². The Kier molecular flexibility index (Phi) is 11.0. The standard InChI is InChI=1S/C20H33N3O3S.ClH/c1-2-7-18-9-11-19(12-10-18)27(25,26)23-16-14-22(15-17-23)20(24)8-5-3-4-6-13-21;/h9-12H,2-8,13-17,21H2,1H3;1H. The predicted molar refractivity (Wildman–Crippen MR) is 115 cm³/mol. The third-order valence-electron chi connectivity index (χ3n) is 5.04. The Balaban J connectivity index is 0.00000392. The first-order chi connectivity index (χ1) is 13.0. The van der Waals surface area contributed by atoms with Gasteiger partial charge in [-0.3, -0.25) is 4.79 Å². The fourth-order valence-electron chi connectivity index (χ4n) is 3.38. The van der Waals surface area contributed by atoms with Crippen LogP contribution >= 0.6 is 12.4 Å². The van der Waals surface area contributed by atoms with Crippen LogP contribution in [0.4, 0.5) is 0 Å². The second-order valence-electron chi connectivity index (χ2n) is 7.13. The zero-order chi connectivity index (χ0) is 19.7. The van der Waals surface area contributed by atoms with Gasteiger partial charge in [-0.05, 0) is 43.5 Å². The molecule has 0 bridgehead atoms. The van der Waals surface area contributed by atoms with Crippen LogP contribution in [0.5, 0.6) is 0 Å². The van der Waals surface area contributed by atoms with E-state index in [9.17, 15) is 13.2 Å². The first kappa shape index (κ1) is 24.9. The second-order valence-corrected chi connectivity index (χ2v) is 9.07. The predicted octanol–water partition coefficient (Wildman–Crippen LogP) is 2.80. The van der Waals surface area contributed by atoms with Crippen molar-refractivity contribution < 1.29 is 13.2 Å². The summed E-state index contributed by atoms with van der Waals surface area (Å²) in [6.45, 7) is 4.46. The highest BCUT2D eigenvalue weighted by Gasteiger charge is 2.29. The Morgan fingerprint density at radius 2 is 1.61 bits per heavy atom. The minimum Gasteiger partial charge on any atom is -0.340 e. The van der Waals surface area contributed by atoms with Crippen molar-refractivity contribution in [1.82, 2.24) is 9.21 Å². The van der Waals surface area contributed by atoms with Gasteiger partial charge >= 0.3 is 0 Å². The molecule has 0 spiro atoms. The number of carbonyl (C=O) groups excluding carboxylic acids is 1. The topological polar surface area (TPSA) is 83.7 Å². The van der Waals surface area contributed by atoms with Gasteiger partial charge in [0.15, 0.2) is 0 Å². The van der Waals surface area contributed by atoms with Crippen molar-refractivity contribution in [2.75, 3.05) is 32.7 Å². The van der Waals surface area contributed by atoms with Crippen LogP contribution in [0.3, 0.4) is 0 Å². The molecule has 160 valence electrons. The van der Waals surface area contributed by atoms with E-state index in [0.717, 1.165) is 44.1 Å². The molecule has 6 nitrogen and oxygen atoms in total. The van der Waals surface area contributed by atoms with Crippen LogP contribution in [-0.2, 0) is 21.2 Å². The normalized spacial score (nSPS) is 15.3. The van der Waals surface area contributed by atoms with Crippen molar-refractivity contribution >= 4 is 28.3 Å². The van der Waals surface area contributed by atoms with Crippen molar-refractivity contribution in [2.24, 2.45) is 5.73 Å². The number of carbonyl (C=O) groups is 1. The third kappa shape index (κ3) is 7.03. The Bertz CT molecular complexity index is 687. The molecule has 1 fully saturated rings. The number of nitrogens with zero attached hydrogens (tertiary/aromatic N) is 2. The highest BCUT2D eigenvalue weighted by molar-refractivity contribution is 7.89. The van der Waals surface area contributed by atoms with Crippen LogP contribution in [0.15, 0.2) is 29.2 Å². The quantitative estimate of drug-likeness (QED) is 0.577. The molecule has 1 aromatic carbocycles. The number of piperazine rings is 1. The number of benzene rings is 1. The summed E-state index contributed by atoms with van der Waals surface area (Å²) < 4.78 is 27.1. The summed E-state index contributed by atoms with van der Waals surface area (Å²) in [4.78, 5) is 14.4. The van der Waals surface area contributed by atoms with Crippen molar-refractivity contribution in [1.29, 1.82) is 0 Å². The van der Waals surface area contributed by atoms with Crippen LogP contribution in [0.1, 0.15) is 51.0 Å². The molecule has 1 aliphatic rings. The monoisotopic (exact) mass is 431 g/mol. The SMILES string of the molecule is CCCc1ccc(S(=O)(=O)N2CCN(C(=O)CCCCCCN)CC2)cc1.Cl. The highest BCUT2D eigenvalue weighted by atomic mass is 35.5. The number of nitrogens with two attached hydrogens (primary N) is 1.